The van der Waals surface area contributed by atoms with E-state index < -0.39 is 5.82 Å². The molecule has 4 N–H and O–H groups in total. The van der Waals surface area contributed by atoms with Crippen molar-refractivity contribution in [2.45, 2.75) is 25.9 Å². The maximum absolute atomic E-state index is 14.3. The maximum Gasteiger partial charge on any atom is 0.256 e. The molecule has 0 aliphatic carbocycles. The number of nitrogens with zero attached hydrogens (tertiary/aromatic N) is 3. The molecule has 2 aromatic heterocycles. The predicted octanol–water partition coefficient (Wildman–Crippen LogP) is 4.24. The van der Waals surface area contributed by atoms with Crippen LogP contribution < -0.4 is 21.5 Å². The average molecular weight is 459 g/mol. The van der Waals surface area contributed by atoms with E-state index in [-0.39, 0.29) is 22.7 Å². The smallest absolute Gasteiger partial charge is 0.256 e. The summed E-state index contributed by atoms with van der Waals surface area (Å²) in [5, 5.41) is 3.34. The van der Waals surface area contributed by atoms with Crippen LogP contribution in [0.2, 0.25) is 0 Å². The molecule has 0 aliphatic heterocycles. The number of H-pyrrole nitrogens is 1. The van der Waals surface area contributed by atoms with Gasteiger partial charge in [-0.3, -0.25) is 4.79 Å². The van der Waals surface area contributed by atoms with Gasteiger partial charge in [-0.1, -0.05) is 42.5 Å². The van der Waals surface area contributed by atoms with Gasteiger partial charge in [-0.05, 0) is 42.7 Å². The molecule has 2 heterocycles. The number of pyridine rings is 1. The van der Waals surface area contributed by atoms with E-state index in [4.69, 9.17) is 5.73 Å². The van der Waals surface area contributed by atoms with Gasteiger partial charge in [-0.25, -0.2) is 9.37 Å². The first kappa shape index (κ1) is 23.1. The summed E-state index contributed by atoms with van der Waals surface area (Å²) in [6.45, 7) is 2.58. The maximum atomic E-state index is 14.3. The van der Waals surface area contributed by atoms with Gasteiger partial charge in [0.2, 0.25) is 5.95 Å². The number of nitrogens with one attached hydrogen (secondary N) is 2. The second-order valence-electron chi connectivity index (χ2n) is 8.15. The van der Waals surface area contributed by atoms with Crippen LogP contribution in [0, 0.1) is 5.82 Å². The minimum absolute atomic E-state index is 0.0920. The molecule has 2 aromatic carbocycles. The summed E-state index contributed by atoms with van der Waals surface area (Å²) in [6, 6.07) is 17.9. The van der Waals surface area contributed by atoms with Gasteiger partial charge in [-0.2, -0.15) is 4.98 Å². The molecule has 0 radical (unpaired) electrons. The predicted molar refractivity (Wildman–Crippen MR) is 134 cm³/mol. The molecule has 34 heavy (non-hydrogen) atoms. The van der Waals surface area contributed by atoms with Crippen molar-refractivity contribution in [3.05, 3.63) is 100 Å². The third kappa shape index (κ3) is 5.29. The molecule has 0 saturated carbocycles. The highest BCUT2D eigenvalue weighted by atomic mass is 19.1. The summed E-state index contributed by atoms with van der Waals surface area (Å²) in [5.41, 5.74) is 8.83. The monoisotopic (exact) mass is 458 g/mol. The van der Waals surface area contributed by atoms with Crippen molar-refractivity contribution < 1.29 is 4.39 Å². The second-order valence-corrected chi connectivity index (χ2v) is 8.15. The number of hydrogen-bond donors (Lipinski definition) is 3. The summed E-state index contributed by atoms with van der Waals surface area (Å²) in [6.07, 6.45) is 4.05. The Bertz CT molecular complexity index is 1340. The molecule has 0 amide bonds. The molecule has 8 heteroatoms. The molecule has 1 unspecified atom stereocenters. The molecule has 0 aliphatic rings. The molecule has 0 spiro atoms. The molecule has 174 valence electrons. The van der Waals surface area contributed by atoms with Crippen LogP contribution >= 0.6 is 0 Å². The Hall–Kier alpha value is -4.04. The largest absolute Gasteiger partial charge is 0.351 e. The first-order valence-electron chi connectivity index (χ1n) is 11.0. The lowest BCUT2D eigenvalue weighted by Crippen LogP contribution is -2.21. The zero-order valence-electron chi connectivity index (χ0n) is 19.1. The van der Waals surface area contributed by atoms with Gasteiger partial charge in [0.25, 0.3) is 5.56 Å². The molecule has 1 atom stereocenters. The van der Waals surface area contributed by atoms with Gasteiger partial charge in [0.05, 0.1) is 11.3 Å². The molecular weight excluding hydrogens is 431 g/mol. The van der Waals surface area contributed by atoms with Gasteiger partial charge in [0.15, 0.2) is 0 Å². The van der Waals surface area contributed by atoms with E-state index in [2.05, 4.69) is 39.3 Å². The van der Waals surface area contributed by atoms with Gasteiger partial charge < -0.3 is 20.9 Å². The van der Waals surface area contributed by atoms with Crippen molar-refractivity contribution >= 4 is 17.5 Å². The quantitative estimate of drug-likeness (QED) is 0.365. The Morgan fingerprint density at radius 2 is 1.88 bits per heavy atom. The molecule has 7 nitrogen and oxygen atoms in total. The summed E-state index contributed by atoms with van der Waals surface area (Å²) < 4.78 is 14.3. The van der Waals surface area contributed by atoms with Crippen molar-refractivity contribution in [2.75, 3.05) is 17.3 Å². The number of aromatic nitrogens is 3. The Labute approximate surface area is 197 Å². The number of anilines is 3. The highest BCUT2D eigenvalue weighted by molar-refractivity contribution is 5.70. The Morgan fingerprint density at radius 1 is 1.09 bits per heavy atom. The Kier molecular flexibility index (Phi) is 6.98. The third-order valence-electron chi connectivity index (χ3n) is 5.57. The summed E-state index contributed by atoms with van der Waals surface area (Å²) in [4.78, 5) is 25.8. The minimum Gasteiger partial charge on any atom is -0.351 e. The number of hydrogen-bond acceptors (Lipinski definition) is 6. The lowest BCUT2D eigenvalue weighted by atomic mass is 10.0. The highest BCUT2D eigenvalue weighted by Crippen LogP contribution is 2.26. The minimum atomic E-state index is -0.452. The fourth-order valence-electron chi connectivity index (χ4n) is 3.79. The second kappa shape index (κ2) is 10.3. The fraction of sp³-hybridized carbons (Fsp3) is 0.192. The van der Waals surface area contributed by atoms with Crippen LogP contribution in [0.25, 0.3) is 11.1 Å². The van der Waals surface area contributed by atoms with E-state index in [0.717, 1.165) is 12.0 Å². The van der Waals surface area contributed by atoms with Crippen LogP contribution in [0.3, 0.4) is 0 Å². The summed E-state index contributed by atoms with van der Waals surface area (Å²) in [7, 11) is 1.83. The number of aromatic amines is 1. The van der Waals surface area contributed by atoms with Crippen LogP contribution in [0.4, 0.5) is 21.8 Å². The van der Waals surface area contributed by atoms with E-state index in [1.54, 1.807) is 42.7 Å². The molecular formula is C26H27FN6O. The van der Waals surface area contributed by atoms with Crippen molar-refractivity contribution in [2.24, 2.45) is 5.73 Å². The SMILES string of the molecule is CC(Cc1cccc(CN)c1)Nc1nccc(N(C)c2c[nH]c(=O)c(-c3ccccc3F)c2)n1. The van der Waals surface area contributed by atoms with E-state index in [1.165, 1.54) is 11.6 Å². The van der Waals surface area contributed by atoms with E-state index >= 15 is 0 Å². The summed E-state index contributed by atoms with van der Waals surface area (Å²) in [5.74, 6) is 0.666. The van der Waals surface area contributed by atoms with Gasteiger partial charge in [0.1, 0.15) is 11.6 Å². The van der Waals surface area contributed by atoms with Crippen LogP contribution in [0.5, 0.6) is 0 Å². The molecule has 0 saturated heterocycles. The molecule has 0 bridgehead atoms. The molecule has 0 fully saturated rings. The zero-order valence-corrected chi connectivity index (χ0v) is 19.1. The lowest BCUT2D eigenvalue weighted by Gasteiger charge is -2.20. The van der Waals surface area contributed by atoms with Gasteiger partial charge in [-0.15, -0.1) is 0 Å². The Morgan fingerprint density at radius 3 is 2.68 bits per heavy atom. The van der Waals surface area contributed by atoms with Crippen LogP contribution in [-0.2, 0) is 13.0 Å². The lowest BCUT2D eigenvalue weighted by molar-refractivity contribution is 0.631. The number of rotatable bonds is 8. The zero-order chi connectivity index (χ0) is 24.1. The van der Waals surface area contributed by atoms with Crippen molar-refractivity contribution in [1.29, 1.82) is 0 Å². The average Bonchev–Trinajstić information content (AvgIpc) is 2.84. The highest BCUT2D eigenvalue weighted by Gasteiger charge is 2.14. The third-order valence-corrected chi connectivity index (χ3v) is 5.57. The summed E-state index contributed by atoms with van der Waals surface area (Å²) >= 11 is 0. The van der Waals surface area contributed by atoms with Gasteiger partial charge >= 0.3 is 0 Å². The van der Waals surface area contributed by atoms with Crippen LogP contribution in [0.15, 0.2) is 77.9 Å². The van der Waals surface area contributed by atoms with Crippen molar-refractivity contribution in [1.82, 2.24) is 15.0 Å². The topological polar surface area (TPSA) is 99.9 Å². The van der Waals surface area contributed by atoms with E-state index in [1.807, 2.05) is 24.1 Å². The number of halogens is 1. The fourth-order valence-corrected chi connectivity index (χ4v) is 3.79. The van der Waals surface area contributed by atoms with Crippen LogP contribution in [0.1, 0.15) is 18.1 Å². The number of benzene rings is 2. The molecule has 4 aromatic rings. The van der Waals surface area contributed by atoms with Crippen molar-refractivity contribution in [3.63, 3.8) is 0 Å². The van der Waals surface area contributed by atoms with Crippen LogP contribution in [-0.4, -0.2) is 28.0 Å². The van der Waals surface area contributed by atoms with Crippen molar-refractivity contribution in [3.8, 4) is 11.1 Å². The van der Waals surface area contributed by atoms with E-state index in [9.17, 15) is 9.18 Å². The normalized spacial score (nSPS) is 11.8. The van der Waals surface area contributed by atoms with E-state index in [0.29, 0.717) is 24.0 Å². The molecule has 4 rings (SSSR count). The number of nitrogens with two attached hydrogens (primary N) is 1. The first-order chi connectivity index (χ1) is 16.4. The first-order valence-corrected chi connectivity index (χ1v) is 11.0. The standard InChI is InChI=1S/C26H27FN6O/c1-17(12-18-6-5-7-19(13-18)15-28)31-26-29-11-10-24(32-26)33(2)20-14-22(25(34)30-16-20)21-8-3-4-9-23(21)27/h3-11,13-14,16-17H,12,15,28H2,1-2H3,(H,30,34)(H,29,31,32). The van der Waals surface area contributed by atoms with Gasteiger partial charge in [0, 0.05) is 37.6 Å². The Balaban J connectivity index is 1.53.